The second kappa shape index (κ2) is 10.6. The highest BCUT2D eigenvalue weighted by molar-refractivity contribution is 5.84. The molecule has 1 atom stereocenters. The van der Waals surface area contributed by atoms with Crippen LogP contribution in [0.15, 0.2) is 0 Å². The minimum Gasteiger partial charge on any atom is -0.466 e. The van der Waals surface area contributed by atoms with Gasteiger partial charge in [-0.25, -0.2) is 0 Å². The molecule has 7 heteroatoms. The van der Waals surface area contributed by atoms with Crippen molar-refractivity contribution < 1.29 is 23.9 Å². The second-order valence-corrected chi connectivity index (χ2v) is 9.93. The first-order valence-corrected chi connectivity index (χ1v) is 11.5. The summed E-state index contributed by atoms with van der Waals surface area (Å²) in [7, 11) is 0. The summed E-state index contributed by atoms with van der Waals surface area (Å²) in [5, 5.41) is 3.23. The van der Waals surface area contributed by atoms with Gasteiger partial charge in [-0.1, -0.05) is 12.8 Å². The third kappa shape index (κ3) is 6.69. The Kier molecular flexibility index (Phi) is 8.71. The Morgan fingerprint density at radius 1 is 1.10 bits per heavy atom. The predicted molar refractivity (Wildman–Crippen MR) is 114 cm³/mol. The number of hydrogen-bond acceptors (Lipinski definition) is 6. The van der Waals surface area contributed by atoms with Gasteiger partial charge < -0.3 is 20.5 Å². The number of ether oxygens (including phenoxy) is 2. The minimum absolute atomic E-state index is 0.0293. The lowest BCUT2D eigenvalue weighted by atomic mass is 9.76. The van der Waals surface area contributed by atoms with Gasteiger partial charge in [0, 0.05) is 12.6 Å². The molecule has 7 nitrogen and oxygen atoms in total. The summed E-state index contributed by atoms with van der Waals surface area (Å²) in [5.41, 5.74) is 4.77. The average Bonchev–Trinajstić information content (AvgIpc) is 3.15. The van der Waals surface area contributed by atoms with Crippen molar-refractivity contribution in [1.82, 2.24) is 5.32 Å². The second-order valence-electron chi connectivity index (χ2n) is 9.93. The van der Waals surface area contributed by atoms with Crippen LogP contribution in [0.25, 0.3) is 0 Å². The van der Waals surface area contributed by atoms with Gasteiger partial charge >= 0.3 is 11.9 Å². The minimum atomic E-state index is -0.576. The molecule has 0 aromatic rings. The summed E-state index contributed by atoms with van der Waals surface area (Å²) >= 11 is 0. The summed E-state index contributed by atoms with van der Waals surface area (Å²) in [6.07, 6.45) is 6.97. The van der Waals surface area contributed by atoms with Crippen molar-refractivity contribution in [3.05, 3.63) is 0 Å². The van der Waals surface area contributed by atoms with E-state index >= 15 is 0 Å². The lowest BCUT2D eigenvalue weighted by Crippen LogP contribution is -2.48. The van der Waals surface area contributed by atoms with Crippen LogP contribution < -0.4 is 11.1 Å². The number of carbonyl (C=O) groups excluding carboxylic acids is 3. The Balaban J connectivity index is 1.97. The van der Waals surface area contributed by atoms with E-state index in [-0.39, 0.29) is 36.4 Å². The van der Waals surface area contributed by atoms with Gasteiger partial charge in [0.25, 0.3) is 0 Å². The van der Waals surface area contributed by atoms with Crippen LogP contribution in [0.3, 0.4) is 0 Å². The highest BCUT2D eigenvalue weighted by atomic mass is 16.6. The summed E-state index contributed by atoms with van der Waals surface area (Å²) < 4.78 is 10.7. The molecule has 0 aromatic carbocycles. The van der Waals surface area contributed by atoms with Crippen LogP contribution in [-0.2, 0) is 23.9 Å². The molecule has 2 aliphatic carbocycles. The van der Waals surface area contributed by atoms with E-state index in [9.17, 15) is 14.4 Å². The topological polar surface area (TPSA) is 108 Å². The van der Waals surface area contributed by atoms with Gasteiger partial charge in [0.2, 0.25) is 5.91 Å². The van der Waals surface area contributed by atoms with Crippen molar-refractivity contribution in [1.29, 1.82) is 0 Å². The average molecular weight is 425 g/mol. The molecule has 172 valence electrons. The molecule has 0 spiro atoms. The summed E-state index contributed by atoms with van der Waals surface area (Å²) in [6.45, 7) is 7.90. The van der Waals surface area contributed by atoms with E-state index in [1.807, 2.05) is 27.7 Å². The first-order chi connectivity index (χ1) is 14.1. The van der Waals surface area contributed by atoms with Crippen LogP contribution in [0.2, 0.25) is 0 Å². The first-order valence-electron chi connectivity index (χ1n) is 11.5. The standard InChI is InChI=1S/C23H40N2O5/c1-5-29-19(26)16-8-10-18(11-9-16)25-21(28)23(12-6-7-13-23)14-17(15-24)20(27)30-22(2,3)4/h16-18H,5-15,24H2,1-4H3,(H,25,28)/t16-,17?,18+. The van der Waals surface area contributed by atoms with E-state index in [1.165, 1.54) is 0 Å². The van der Waals surface area contributed by atoms with Crippen LogP contribution >= 0.6 is 0 Å². The summed E-state index contributed by atoms with van der Waals surface area (Å²) in [5.74, 6) is -0.960. The van der Waals surface area contributed by atoms with Crippen molar-refractivity contribution in [2.45, 2.75) is 97.1 Å². The van der Waals surface area contributed by atoms with Gasteiger partial charge in [0.15, 0.2) is 0 Å². The third-order valence-electron chi connectivity index (χ3n) is 6.39. The molecule has 0 heterocycles. The van der Waals surface area contributed by atoms with E-state index in [2.05, 4.69) is 5.32 Å². The molecule has 3 N–H and O–H groups in total. The maximum Gasteiger partial charge on any atom is 0.310 e. The Bertz CT molecular complexity index is 599. The number of amides is 1. The molecule has 1 unspecified atom stereocenters. The maximum atomic E-state index is 13.3. The predicted octanol–water partition coefficient (Wildman–Crippen LogP) is 3.09. The molecular formula is C23H40N2O5. The molecular weight excluding hydrogens is 384 g/mol. The van der Waals surface area contributed by atoms with E-state index in [4.69, 9.17) is 15.2 Å². The number of nitrogens with one attached hydrogen (secondary N) is 1. The zero-order valence-electron chi connectivity index (χ0n) is 19.1. The van der Waals surface area contributed by atoms with Crippen LogP contribution in [-0.4, -0.2) is 42.6 Å². The Morgan fingerprint density at radius 2 is 1.70 bits per heavy atom. The molecule has 30 heavy (non-hydrogen) atoms. The molecule has 2 fully saturated rings. The van der Waals surface area contributed by atoms with Gasteiger partial charge in [0.1, 0.15) is 5.60 Å². The highest BCUT2D eigenvalue weighted by Gasteiger charge is 2.45. The fourth-order valence-electron chi connectivity index (χ4n) is 4.77. The van der Waals surface area contributed by atoms with Crippen molar-refractivity contribution in [3.63, 3.8) is 0 Å². The SMILES string of the molecule is CCOC(=O)[C@H]1CC[C@@H](NC(=O)C2(CC(CN)C(=O)OC(C)(C)C)CCCC2)CC1. The van der Waals surface area contributed by atoms with Crippen LogP contribution in [0, 0.1) is 17.3 Å². The summed E-state index contributed by atoms with van der Waals surface area (Å²) in [6, 6.07) is 0.0681. The van der Waals surface area contributed by atoms with Gasteiger partial charge in [-0.3, -0.25) is 14.4 Å². The zero-order chi connectivity index (χ0) is 22.4. The van der Waals surface area contributed by atoms with E-state index in [1.54, 1.807) is 0 Å². The fraction of sp³-hybridized carbons (Fsp3) is 0.870. The lowest BCUT2D eigenvalue weighted by Gasteiger charge is -2.35. The number of carbonyl (C=O) groups is 3. The number of hydrogen-bond donors (Lipinski definition) is 2. The van der Waals surface area contributed by atoms with Crippen LogP contribution in [0.1, 0.15) is 85.5 Å². The molecule has 2 saturated carbocycles. The lowest BCUT2D eigenvalue weighted by molar-refractivity contribution is -0.161. The molecule has 0 bridgehead atoms. The van der Waals surface area contributed by atoms with Gasteiger partial charge in [-0.2, -0.15) is 0 Å². The monoisotopic (exact) mass is 424 g/mol. The normalized spacial score (nSPS) is 24.7. The zero-order valence-corrected chi connectivity index (χ0v) is 19.1. The quantitative estimate of drug-likeness (QED) is 0.580. The van der Waals surface area contributed by atoms with E-state index < -0.39 is 16.9 Å². The summed E-state index contributed by atoms with van der Waals surface area (Å²) in [4.78, 5) is 37.9. The molecule has 0 aliphatic heterocycles. The van der Waals surface area contributed by atoms with Gasteiger partial charge in [-0.05, 0) is 72.6 Å². The first kappa shape index (κ1) is 24.6. The molecule has 0 aromatic heterocycles. The number of nitrogens with two attached hydrogens (primary N) is 1. The molecule has 1 amide bonds. The molecule has 2 rings (SSSR count). The third-order valence-corrected chi connectivity index (χ3v) is 6.39. The molecule has 0 saturated heterocycles. The number of esters is 2. The van der Waals surface area contributed by atoms with Crippen molar-refractivity contribution in [3.8, 4) is 0 Å². The molecule has 2 aliphatic rings. The smallest absolute Gasteiger partial charge is 0.310 e. The van der Waals surface area contributed by atoms with E-state index in [0.717, 1.165) is 51.4 Å². The molecule has 0 radical (unpaired) electrons. The Hall–Kier alpha value is -1.63. The highest BCUT2D eigenvalue weighted by Crippen LogP contribution is 2.44. The largest absolute Gasteiger partial charge is 0.466 e. The van der Waals surface area contributed by atoms with Crippen molar-refractivity contribution in [2.75, 3.05) is 13.2 Å². The number of rotatable bonds is 8. The van der Waals surface area contributed by atoms with Gasteiger partial charge in [-0.15, -0.1) is 0 Å². The maximum absolute atomic E-state index is 13.3. The van der Waals surface area contributed by atoms with Crippen molar-refractivity contribution in [2.24, 2.45) is 23.0 Å². The van der Waals surface area contributed by atoms with Crippen LogP contribution in [0.4, 0.5) is 0 Å². The Morgan fingerprint density at radius 3 is 2.20 bits per heavy atom. The Labute approximate surface area is 180 Å². The van der Waals surface area contributed by atoms with Gasteiger partial charge in [0.05, 0.1) is 23.9 Å². The fourth-order valence-corrected chi connectivity index (χ4v) is 4.77. The van der Waals surface area contributed by atoms with Crippen LogP contribution in [0.5, 0.6) is 0 Å². The van der Waals surface area contributed by atoms with Crippen molar-refractivity contribution >= 4 is 17.8 Å². The van der Waals surface area contributed by atoms with E-state index in [0.29, 0.717) is 13.0 Å².